The average molecular weight is 569 g/mol. The standard InChI is InChI=1S/C25H27F3N4O6S/c1-30(16-17-6-8-18(9-7-17)23-29-12-14-32(23)24(34)35)22(33)5-4-13-31(2)39(36,37)21-11-10-19(38-3)15-20(21)25(26,27)28/h4-11,15H,12-14,16H2,1-3H3,(H,34,35). The summed E-state index contributed by atoms with van der Waals surface area (Å²) in [6.45, 7) is 0.527. The monoisotopic (exact) mass is 568 g/mol. The summed E-state index contributed by atoms with van der Waals surface area (Å²) in [6, 6.07) is 9.45. The van der Waals surface area contributed by atoms with Crippen molar-refractivity contribution in [2.45, 2.75) is 17.6 Å². The smallest absolute Gasteiger partial charge is 0.417 e. The molecule has 1 N–H and O–H groups in total. The number of sulfonamides is 1. The van der Waals surface area contributed by atoms with Crippen LogP contribution in [0, 0.1) is 0 Å². The number of carbonyl (C=O) groups excluding carboxylic acids is 1. The molecule has 0 saturated carbocycles. The number of carbonyl (C=O) groups is 2. The molecule has 0 unspecified atom stereocenters. The lowest BCUT2D eigenvalue weighted by molar-refractivity contribution is -0.140. The highest BCUT2D eigenvalue weighted by Crippen LogP contribution is 2.37. The number of nitrogens with zero attached hydrogens (tertiary/aromatic N) is 4. The van der Waals surface area contributed by atoms with Crippen LogP contribution in [0.25, 0.3) is 0 Å². The zero-order chi connectivity index (χ0) is 29.0. The lowest BCUT2D eigenvalue weighted by Crippen LogP contribution is -2.33. The number of hydrogen-bond donors (Lipinski definition) is 1. The lowest BCUT2D eigenvalue weighted by atomic mass is 10.1. The third-order valence-electron chi connectivity index (χ3n) is 5.88. The maximum Gasteiger partial charge on any atom is 0.417 e. The largest absolute Gasteiger partial charge is 0.497 e. The molecule has 1 aliphatic rings. The Kier molecular flexibility index (Phi) is 9.02. The van der Waals surface area contributed by atoms with Crippen LogP contribution < -0.4 is 4.74 Å². The number of hydrogen-bond acceptors (Lipinski definition) is 6. The molecule has 0 spiro atoms. The van der Waals surface area contributed by atoms with Crippen molar-refractivity contribution in [1.82, 2.24) is 14.1 Å². The number of likely N-dealkylation sites (N-methyl/N-ethyl adjacent to an activating group) is 2. The van der Waals surface area contributed by atoms with E-state index in [0.717, 1.165) is 35.7 Å². The van der Waals surface area contributed by atoms with Gasteiger partial charge in [-0.05, 0) is 23.8 Å². The topological polar surface area (TPSA) is 120 Å². The summed E-state index contributed by atoms with van der Waals surface area (Å²) >= 11 is 0. The van der Waals surface area contributed by atoms with Gasteiger partial charge >= 0.3 is 12.3 Å². The van der Waals surface area contributed by atoms with Crippen LogP contribution in [0.3, 0.4) is 0 Å². The van der Waals surface area contributed by atoms with E-state index in [9.17, 15) is 36.3 Å². The highest BCUT2D eigenvalue weighted by molar-refractivity contribution is 7.89. The molecule has 0 saturated heterocycles. The molecule has 0 aromatic heterocycles. The summed E-state index contributed by atoms with van der Waals surface area (Å²) < 4.78 is 71.7. The Hall–Kier alpha value is -3.91. The first-order chi connectivity index (χ1) is 18.3. The Balaban J connectivity index is 1.63. The molecule has 1 aliphatic heterocycles. The third kappa shape index (κ3) is 6.95. The number of amides is 2. The highest BCUT2D eigenvalue weighted by atomic mass is 32.2. The molecule has 0 aliphatic carbocycles. The Morgan fingerprint density at radius 3 is 2.41 bits per heavy atom. The molecule has 3 rings (SSSR count). The van der Waals surface area contributed by atoms with Crippen LogP contribution >= 0.6 is 0 Å². The van der Waals surface area contributed by atoms with Gasteiger partial charge in [0.25, 0.3) is 0 Å². The second kappa shape index (κ2) is 11.9. The van der Waals surface area contributed by atoms with Crippen molar-refractivity contribution in [3.05, 3.63) is 71.3 Å². The number of halogens is 3. The van der Waals surface area contributed by atoms with Gasteiger partial charge in [0, 0.05) is 38.8 Å². The van der Waals surface area contributed by atoms with Crippen LogP contribution in [0.1, 0.15) is 16.7 Å². The van der Waals surface area contributed by atoms with E-state index in [1.807, 2.05) is 0 Å². The fourth-order valence-corrected chi connectivity index (χ4v) is 5.08. The molecule has 1 heterocycles. The third-order valence-corrected chi connectivity index (χ3v) is 7.76. The van der Waals surface area contributed by atoms with E-state index < -0.39 is 38.7 Å². The maximum atomic E-state index is 13.5. The van der Waals surface area contributed by atoms with Gasteiger partial charge in [-0.1, -0.05) is 30.3 Å². The van der Waals surface area contributed by atoms with E-state index in [1.165, 1.54) is 25.1 Å². The molecule has 0 atom stereocenters. The summed E-state index contributed by atoms with van der Waals surface area (Å²) in [6.07, 6.45) is -3.63. The minimum absolute atomic E-state index is 0.137. The van der Waals surface area contributed by atoms with Crippen LogP contribution in [0.2, 0.25) is 0 Å². The molecule has 210 valence electrons. The number of ether oxygens (including phenoxy) is 1. The predicted molar refractivity (Wildman–Crippen MR) is 136 cm³/mol. The van der Waals surface area contributed by atoms with Crippen molar-refractivity contribution in [3.8, 4) is 5.75 Å². The number of benzene rings is 2. The van der Waals surface area contributed by atoms with Crippen LogP contribution in [0.15, 0.2) is 64.5 Å². The number of carboxylic acid groups (broad SMARTS) is 1. The van der Waals surface area contributed by atoms with Gasteiger partial charge < -0.3 is 14.7 Å². The van der Waals surface area contributed by atoms with Crippen LogP contribution in [-0.4, -0.2) is 86.3 Å². The lowest BCUT2D eigenvalue weighted by Gasteiger charge is -2.20. The Morgan fingerprint density at radius 1 is 1.15 bits per heavy atom. The average Bonchev–Trinajstić information content (AvgIpc) is 3.38. The number of rotatable bonds is 9. The van der Waals surface area contributed by atoms with Gasteiger partial charge in [-0.3, -0.25) is 14.7 Å². The van der Waals surface area contributed by atoms with Crippen molar-refractivity contribution >= 4 is 27.9 Å². The second-order valence-electron chi connectivity index (χ2n) is 8.58. The summed E-state index contributed by atoms with van der Waals surface area (Å²) in [5.41, 5.74) is 0.0276. The van der Waals surface area contributed by atoms with Crippen LogP contribution in [0.5, 0.6) is 5.75 Å². The summed E-state index contributed by atoms with van der Waals surface area (Å²) in [5, 5.41) is 9.26. The first-order valence-corrected chi connectivity index (χ1v) is 13.0. The molecule has 39 heavy (non-hydrogen) atoms. The van der Waals surface area contributed by atoms with E-state index in [2.05, 4.69) is 4.99 Å². The minimum Gasteiger partial charge on any atom is -0.497 e. The number of aliphatic imine (C=N–C) groups is 1. The van der Waals surface area contributed by atoms with E-state index in [-0.39, 0.29) is 25.4 Å². The summed E-state index contributed by atoms with van der Waals surface area (Å²) in [5.74, 6) is -0.235. The van der Waals surface area contributed by atoms with Crippen molar-refractivity contribution in [3.63, 3.8) is 0 Å². The number of amidine groups is 1. The zero-order valence-electron chi connectivity index (χ0n) is 21.3. The van der Waals surface area contributed by atoms with Gasteiger partial charge in [0.1, 0.15) is 11.6 Å². The van der Waals surface area contributed by atoms with Crippen molar-refractivity contribution in [2.24, 2.45) is 4.99 Å². The SMILES string of the molecule is COc1ccc(S(=O)(=O)N(C)CC=CC(=O)N(C)Cc2ccc(C3=NCCN3C(=O)O)cc2)c(C(F)(F)F)c1. The molecule has 0 radical (unpaired) electrons. The summed E-state index contributed by atoms with van der Waals surface area (Å²) in [7, 11) is -0.722. The first kappa shape index (κ1) is 29.6. The second-order valence-corrected chi connectivity index (χ2v) is 10.6. The molecule has 0 bridgehead atoms. The van der Waals surface area contributed by atoms with Gasteiger partial charge in [-0.25, -0.2) is 13.2 Å². The molecule has 2 amide bonds. The van der Waals surface area contributed by atoms with Crippen molar-refractivity contribution in [1.29, 1.82) is 0 Å². The molecule has 2 aromatic rings. The minimum atomic E-state index is -4.93. The van der Waals surface area contributed by atoms with E-state index in [0.29, 0.717) is 28.3 Å². The Labute approximate surface area is 223 Å². The molecule has 0 fully saturated rings. The Bertz CT molecular complexity index is 1390. The molecular formula is C25H27F3N4O6S. The Morgan fingerprint density at radius 2 is 1.82 bits per heavy atom. The van der Waals surface area contributed by atoms with Crippen LogP contribution in [-0.2, 0) is 27.5 Å². The predicted octanol–water partition coefficient (Wildman–Crippen LogP) is 3.29. The van der Waals surface area contributed by atoms with Gasteiger partial charge in [0.15, 0.2) is 0 Å². The van der Waals surface area contributed by atoms with Crippen LogP contribution in [0.4, 0.5) is 18.0 Å². The number of alkyl halides is 3. The van der Waals surface area contributed by atoms with Gasteiger partial charge in [0.05, 0.1) is 30.7 Å². The van der Waals surface area contributed by atoms with E-state index in [4.69, 9.17) is 4.74 Å². The zero-order valence-corrected chi connectivity index (χ0v) is 22.2. The van der Waals surface area contributed by atoms with E-state index in [1.54, 1.807) is 24.3 Å². The highest BCUT2D eigenvalue weighted by Gasteiger charge is 2.38. The quantitative estimate of drug-likeness (QED) is 0.464. The first-order valence-electron chi connectivity index (χ1n) is 11.5. The molecule has 10 nitrogen and oxygen atoms in total. The molecule has 14 heteroatoms. The fourth-order valence-electron chi connectivity index (χ4n) is 3.77. The van der Waals surface area contributed by atoms with Gasteiger partial charge in [0.2, 0.25) is 15.9 Å². The summed E-state index contributed by atoms with van der Waals surface area (Å²) in [4.78, 5) is 29.6. The number of methoxy groups -OCH3 is 1. The normalized spacial score (nSPS) is 14.1. The maximum absolute atomic E-state index is 13.5. The van der Waals surface area contributed by atoms with Gasteiger partial charge in [-0.2, -0.15) is 17.5 Å². The van der Waals surface area contributed by atoms with Crippen molar-refractivity contribution in [2.75, 3.05) is 40.8 Å². The van der Waals surface area contributed by atoms with Crippen molar-refractivity contribution < 1.29 is 41.0 Å². The van der Waals surface area contributed by atoms with Gasteiger partial charge in [-0.15, -0.1) is 0 Å². The molecular weight excluding hydrogens is 541 g/mol. The molecule has 2 aromatic carbocycles. The fraction of sp³-hybridized carbons (Fsp3) is 0.320. The van der Waals surface area contributed by atoms with E-state index >= 15 is 0 Å².